The van der Waals surface area contributed by atoms with Gasteiger partial charge in [0.05, 0.1) is 18.8 Å². The number of hydrogen-bond acceptors (Lipinski definition) is 4. The average molecular weight is 309 g/mol. The normalized spacial score (nSPS) is 12.7. The lowest BCUT2D eigenvalue weighted by Gasteiger charge is -2.30. The summed E-state index contributed by atoms with van der Waals surface area (Å²) in [6.07, 6.45) is 0.544. The Morgan fingerprint density at radius 2 is 1.65 bits per heavy atom. The molecule has 0 aliphatic heterocycles. The molecule has 7 heteroatoms. The maximum absolute atomic E-state index is 12.2. The first kappa shape index (κ1) is 17.3. The molecule has 20 heavy (non-hydrogen) atoms. The Morgan fingerprint density at radius 1 is 1.10 bits per heavy atom. The minimum absolute atomic E-state index is 0.132. The minimum atomic E-state index is -4.29. The SMILES string of the molecule is CCC(CO)(CO)NCc1ccc(SC(F)(F)F)cc1. The van der Waals surface area contributed by atoms with E-state index in [2.05, 4.69) is 5.32 Å². The lowest BCUT2D eigenvalue weighted by molar-refractivity contribution is -0.0328. The fraction of sp³-hybridized carbons (Fsp3) is 0.538. The number of nitrogens with one attached hydrogen (secondary N) is 1. The van der Waals surface area contributed by atoms with Gasteiger partial charge in [-0.25, -0.2) is 0 Å². The van der Waals surface area contributed by atoms with E-state index in [1.807, 2.05) is 6.92 Å². The summed E-state index contributed by atoms with van der Waals surface area (Å²) in [6.45, 7) is 1.79. The van der Waals surface area contributed by atoms with Gasteiger partial charge >= 0.3 is 5.51 Å². The maximum Gasteiger partial charge on any atom is 0.446 e. The van der Waals surface area contributed by atoms with Crippen molar-refractivity contribution in [3.05, 3.63) is 29.8 Å². The van der Waals surface area contributed by atoms with E-state index < -0.39 is 11.0 Å². The number of halogens is 3. The van der Waals surface area contributed by atoms with Crippen molar-refractivity contribution in [3.8, 4) is 0 Å². The van der Waals surface area contributed by atoms with Crippen molar-refractivity contribution < 1.29 is 23.4 Å². The Kier molecular flexibility index (Phi) is 6.32. The Hall–Kier alpha value is -0.760. The van der Waals surface area contributed by atoms with Gasteiger partial charge in [0.15, 0.2) is 0 Å². The third-order valence-corrected chi connectivity index (χ3v) is 3.85. The third-order valence-electron chi connectivity index (χ3n) is 3.11. The molecule has 0 fully saturated rings. The summed E-state index contributed by atoms with van der Waals surface area (Å²) in [7, 11) is 0. The van der Waals surface area contributed by atoms with Crippen molar-refractivity contribution in [2.75, 3.05) is 13.2 Å². The largest absolute Gasteiger partial charge is 0.446 e. The number of hydrogen-bond donors (Lipinski definition) is 3. The topological polar surface area (TPSA) is 52.5 Å². The molecular weight excluding hydrogens is 291 g/mol. The molecule has 0 saturated carbocycles. The molecule has 0 aliphatic carbocycles. The Bertz CT molecular complexity index is 397. The van der Waals surface area contributed by atoms with Crippen LogP contribution in [0.4, 0.5) is 13.2 Å². The van der Waals surface area contributed by atoms with Crippen LogP contribution in [0.15, 0.2) is 29.2 Å². The molecule has 3 nitrogen and oxygen atoms in total. The first-order chi connectivity index (χ1) is 9.34. The second-order valence-electron chi connectivity index (χ2n) is 4.50. The number of alkyl halides is 3. The standard InChI is InChI=1S/C13H18F3NO2S/c1-2-12(8-18,9-19)17-7-10-3-5-11(6-4-10)20-13(14,15)16/h3-6,17-19H,2,7-9H2,1H3. The van der Waals surface area contributed by atoms with E-state index in [0.717, 1.165) is 5.56 Å². The third kappa shape index (κ3) is 5.32. The second kappa shape index (κ2) is 7.31. The molecule has 0 bridgehead atoms. The van der Waals surface area contributed by atoms with E-state index in [-0.39, 0.29) is 29.9 Å². The molecule has 0 heterocycles. The molecule has 0 aliphatic rings. The summed E-state index contributed by atoms with van der Waals surface area (Å²) in [5, 5.41) is 21.6. The van der Waals surface area contributed by atoms with E-state index in [4.69, 9.17) is 0 Å². The number of aliphatic hydroxyl groups excluding tert-OH is 2. The molecule has 0 amide bonds. The van der Waals surface area contributed by atoms with Gasteiger partial charge in [0.2, 0.25) is 0 Å². The van der Waals surface area contributed by atoms with Gasteiger partial charge in [-0.3, -0.25) is 0 Å². The summed E-state index contributed by atoms with van der Waals surface area (Å²) in [5.74, 6) is 0. The summed E-state index contributed by atoms with van der Waals surface area (Å²) >= 11 is -0.154. The van der Waals surface area contributed by atoms with Gasteiger partial charge in [-0.05, 0) is 35.9 Å². The second-order valence-corrected chi connectivity index (χ2v) is 5.63. The molecule has 0 radical (unpaired) electrons. The smallest absolute Gasteiger partial charge is 0.394 e. The zero-order valence-corrected chi connectivity index (χ0v) is 11.9. The fourth-order valence-corrected chi connectivity index (χ4v) is 2.15. The highest BCUT2D eigenvalue weighted by molar-refractivity contribution is 8.00. The zero-order chi connectivity index (χ0) is 15.2. The zero-order valence-electron chi connectivity index (χ0n) is 11.1. The number of benzene rings is 1. The monoisotopic (exact) mass is 309 g/mol. The fourth-order valence-electron chi connectivity index (χ4n) is 1.61. The van der Waals surface area contributed by atoms with Gasteiger partial charge in [0, 0.05) is 11.4 Å². The van der Waals surface area contributed by atoms with Crippen molar-refractivity contribution in [1.82, 2.24) is 5.32 Å². The summed E-state index contributed by atoms with van der Waals surface area (Å²) in [5.41, 5.74) is -4.26. The van der Waals surface area contributed by atoms with Crippen LogP contribution in [-0.2, 0) is 6.54 Å². The minimum Gasteiger partial charge on any atom is -0.394 e. The van der Waals surface area contributed by atoms with Gasteiger partial charge in [-0.1, -0.05) is 19.1 Å². The highest BCUT2D eigenvalue weighted by atomic mass is 32.2. The molecule has 0 atom stereocenters. The molecular formula is C13H18F3NO2S. The summed E-state index contributed by atoms with van der Waals surface area (Å²) < 4.78 is 36.5. The van der Waals surface area contributed by atoms with Crippen LogP contribution >= 0.6 is 11.8 Å². The van der Waals surface area contributed by atoms with Gasteiger partial charge in [0.1, 0.15) is 0 Å². The Balaban J connectivity index is 2.62. The first-order valence-electron chi connectivity index (χ1n) is 6.15. The molecule has 0 aromatic heterocycles. The van der Waals surface area contributed by atoms with E-state index >= 15 is 0 Å². The highest BCUT2D eigenvalue weighted by Crippen LogP contribution is 2.36. The van der Waals surface area contributed by atoms with Crippen molar-refractivity contribution in [2.45, 2.75) is 35.8 Å². The van der Waals surface area contributed by atoms with Gasteiger partial charge in [-0.2, -0.15) is 13.2 Å². The quantitative estimate of drug-likeness (QED) is 0.678. The van der Waals surface area contributed by atoms with Crippen LogP contribution in [0.1, 0.15) is 18.9 Å². The van der Waals surface area contributed by atoms with Crippen molar-refractivity contribution in [1.29, 1.82) is 0 Å². The van der Waals surface area contributed by atoms with Gasteiger partial charge in [0.25, 0.3) is 0 Å². The molecule has 0 saturated heterocycles. The predicted molar refractivity (Wildman–Crippen MR) is 72.4 cm³/mol. The molecule has 114 valence electrons. The maximum atomic E-state index is 12.2. The molecule has 3 N–H and O–H groups in total. The van der Waals surface area contributed by atoms with Crippen LogP contribution < -0.4 is 5.32 Å². The Labute approximate surface area is 120 Å². The number of aliphatic hydroxyl groups is 2. The van der Waals surface area contributed by atoms with Gasteiger partial charge in [-0.15, -0.1) is 0 Å². The molecule has 0 spiro atoms. The van der Waals surface area contributed by atoms with Crippen LogP contribution in [0, 0.1) is 0 Å². The van der Waals surface area contributed by atoms with Crippen LogP contribution in [0.5, 0.6) is 0 Å². The first-order valence-corrected chi connectivity index (χ1v) is 6.97. The van der Waals surface area contributed by atoms with Crippen LogP contribution in [-0.4, -0.2) is 34.5 Å². The molecule has 1 aromatic rings. The van der Waals surface area contributed by atoms with Gasteiger partial charge < -0.3 is 15.5 Å². The lowest BCUT2D eigenvalue weighted by Crippen LogP contribution is -2.50. The van der Waals surface area contributed by atoms with E-state index in [0.29, 0.717) is 13.0 Å². The molecule has 1 rings (SSSR count). The van der Waals surface area contributed by atoms with Crippen molar-refractivity contribution in [3.63, 3.8) is 0 Å². The average Bonchev–Trinajstić information content (AvgIpc) is 2.41. The molecule has 0 unspecified atom stereocenters. The van der Waals surface area contributed by atoms with E-state index in [9.17, 15) is 23.4 Å². The van der Waals surface area contributed by atoms with E-state index in [1.165, 1.54) is 12.1 Å². The summed E-state index contributed by atoms with van der Waals surface area (Å²) in [6, 6.07) is 5.99. The van der Waals surface area contributed by atoms with Crippen LogP contribution in [0.3, 0.4) is 0 Å². The van der Waals surface area contributed by atoms with Crippen LogP contribution in [0.2, 0.25) is 0 Å². The van der Waals surface area contributed by atoms with Crippen molar-refractivity contribution in [2.24, 2.45) is 0 Å². The van der Waals surface area contributed by atoms with E-state index in [1.54, 1.807) is 12.1 Å². The Morgan fingerprint density at radius 3 is 2.05 bits per heavy atom. The highest BCUT2D eigenvalue weighted by Gasteiger charge is 2.29. The summed E-state index contributed by atoms with van der Waals surface area (Å²) in [4.78, 5) is 0.132. The number of rotatable bonds is 7. The number of thioether (sulfide) groups is 1. The predicted octanol–water partition coefficient (Wildman–Crippen LogP) is 2.52. The van der Waals surface area contributed by atoms with Crippen LogP contribution in [0.25, 0.3) is 0 Å². The van der Waals surface area contributed by atoms with Crippen molar-refractivity contribution >= 4 is 11.8 Å². The molecule has 1 aromatic carbocycles. The lowest BCUT2D eigenvalue weighted by atomic mass is 9.98.